The third-order valence-electron chi connectivity index (χ3n) is 2.32. The molecule has 2 aromatic rings. The summed E-state index contributed by atoms with van der Waals surface area (Å²) >= 11 is 0. The van der Waals surface area contributed by atoms with Crippen LogP contribution < -0.4 is 5.32 Å². The monoisotopic (exact) mass is 231 g/mol. The lowest BCUT2D eigenvalue weighted by atomic mass is 10.3. The van der Waals surface area contributed by atoms with E-state index in [2.05, 4.69) is 15.3 Å². The van der Waals surface area contributed by atoms with E-state index in [0.29, 0.717) is 18.8 Å². The minimum Gasteiger partial charge on any atom is -0.481 e. The molecule has 1 aromatic heterocycles. The third kappa shape index (κ3) is 3.14. The minimum atomic E-state index is -0.781. The Hall–Kier alpha value is -2.17. The van der Waals surface area contributed by atoms with Crippen LogP contribution in [0, 0.1) is 0 Å². The van der Waals surface area contributed by atoms with E-state index in [1.807, 2.05) is 24.3 Å². The molecule has 1 heterocycles. The number of anilines is 1. The zero-order valence-electron chi connectivity index (χ0n) is 9.26. The highest BCUT2D eigenvalue weighted by Crippen LogP contribution is 2.11. The predicted octanol–water partition coefficient (Wildman–Crippen LogP) is 1.91. The molecule has 0 aliphatic carbocycles. The molecule has 0 fully saturated rings. The average molecular weight is 231 g/mol. The Morgan fingerprint density at radius 2 is 2.06 bits per heavy atom. The number of nitrogens with one attached hydrogen (secondary N) is 1. The van der Waals surface area contributed by atoms with Gasteiger partial charge >= 0.3 is 5.97 Å². The summed E-state index contributed by atoms with van der Waals surface area (Å²) in [5, 5.41) is 11.6. The Morgan fingerprint density at radius 1 is 1.29 bits per heavy atom. The van der Waals surface area contributed by atoms with Crippen LogP contribution in [0.5, 0.6) is 0 Å². The summed E-state index contributed by atoms with van der Waals surface area (Å²) in [7, 11) is 0. The Balaban J connectivity index is 1.97. The molecule has 2 N–H and O–H groups in total. The summed E-state index contributed by atoms with van der Waals surface area (Å²) in [5.41, 5.74) is 1.68. The Morgan fingerprint density at radius 3 is 2.82 bits per heavy atom. The summed E-state index contributed by atoms with van der Waals surface area (Å²) in [6, 6.07) is 7.61. The zero-order chi connectivity index (χ0) is 12.1. The number of nitrogens with zero attached hydrogens (tertiary/aromatic N) is 2. The van der Waals surface area contributed by atoms with Gasteiger partial charge in [0.05, 0.1) is 17.2 Å². The van der Waals surface area contributed by atoms with Gasteiger partial charge < -0.3 is 10.4 Å². The lowest BCUT2D eigenvalue weighted by Crippen LogP contribution is -2.06. The van der Waals surface area contributed by atoms with Crippen molar-refractivity contribution in [1.82, 2.24) is 9.97 Å². The van der Waals surface area contributed by atoms with Gasteiger partial charge in [-0.15, -0.1) is 0 Å². The average Bonchev–Trinajstić information content (AvgIpc) is 2.34. The number of carbonyl (C=O) groups is 1. The first-order chi connectivity index (χ1) is 8.25. The number of benzene rings is 1. The van der Waals surface area contributed by atoms with E-state index in [1.165, 1.54) is 0 Å². The molecule has 0 bridgehead atoms. The van der Waals surface area contributed by atoms with E-state index in [-0.39, 0.29) is 6.42 Å². The highest BCUT2D eigenvalue weighted by molar-refractivity contribution is 5.75. The molecule has 17 heavy (non-hydrogen) atoms. The first kappa shape index (κ1) is 11.3. The summed E-state index contributed by atoms with van der Waals surface area (Å²) < 4.78 is 0. The van der Waals surface area contributed by atoms with E-state index >= 15 is 0 Å². The van der Waals surface area contributed by atoms with Crippen molar-refractivity contribution < 1.29 is 9.90 Å². The van der Waals surface area contributed by atoms with Crippen LogP contribution in [0.3, 0.4) is 0 Å². The summed E-state index contributed by atoms with van der Waals surface area (Å²) in [6.45, 7) is 0.583. The Kier molecular flexibility index (Phi) is 3.49. The molecule has 0 aliphatic heterocycles. The van der Waals surface area contributed by atoms with Gasteiger partial charge in [0.15, 0.2) is 0 Å². The maximum atomic E-state index is 10.3. The smallest absolute Gasteiger partial charge is 0.303 e. The summed E-state index contributed by atoms with van der Waals surface area (Å²) in [4.78, 5) is 19.0. The second-order valence-corrected chi connectivity index (χ2v) is 3.67. The summed E-state index contributed by atoms with van der Waals surface area (Å²) in [6.07, 6.45) is 2.39. The van der Waals surface area contributed by atoms with Crippen LogP contribution in [0.2, 0.25) is 0 Å². The molecule has 0 atom stereocenters. The van der Waals surface area contributed by atoms with Gasteiger partial charge in [-0.25, -0.2) is 4.98 Å². The molecule has 0 saturated carbocycles. The summed E-state index contributed by atoms with van der Waals surface area (Å²) in [5.74, 6) is -0.106. The lowest BCUT2D eigenvalue weighted by Gasteiger charge is -2.04. The molecule has 2 rings (SSSR count). The van der Waals surface area contributed by atoms with Crippen molar-refractivity contribution in [3.63, 3.8) is 0 Å². The van der Waals surface area contributed by atoms with Crippen LogP contribution in [0.4, 0.5) is 5.82 Å². The quantitative estimate of drug-likeness (QED) is 0.769. The van der Waals surface area contributed by atoms with Crippen LogP contribution in [-0.2, 0) is 4.79 Å². The fourth-order valence-electron chi connectivity index (χ4n) is 1.50. The topological polar surface area (TPSA) is 75.1 Å². The Bertz CT molecular complexity index is 528. The van der Waals surface area contributed by atoms with Crippen molar-refractivity contribution in [2.24, 2.45) is 0 Å². The van der Waals surface area contributed by atoms with E-state index < -0.39 is 5.97 Å². The number of aromatic nitrogens is 2. The molecular weight excluding hydrogens is 218 g/mol. The van der Waals surface area contributed by atoms with Crippen molar-refractivity contribution in [1.29, 1.82) is 0 Å². The number of hydrogen-bond donors (Lipinski definition) is 2. The van der Waals surface area contributed by atoms with E-state index in [1.54, 1.807) is 6.20 Å². The largest absolute Gasteiger partial charge is 0.481 e. The third-order valence-corrected chi connectivity index (χ3v) is 2.32. The molecule has 5 nitrogen and oxygen atoms in total. The number of para-hydroxylation sites is 2. The number of carboxylic acids is 1. The molecule has 88 valence electrons. The van der Waals surface area contributed by atoms with Gasteiger partial charge in [0.2, 0.25) is 0 Å². The first-order valence-electron chi connectivity index (χ1n) is 5.43. The van der Waals surface area contributed by atoms with Gasteiger partial charge in [-0.3, -0.25) is 9.78 Å². The number of rotatable bonds is 5. The molecule has 0 unspecified atom stereocenters. The van der Waals surface area contributed by atoms with Crippen LogP contribution in [0.15, 0.2) is 30.5 Å². The van der Waals surface area contributed by atoms with Gasteiger partial charge in [0.1, 0.15) is 5.82 Å². The molecule has 1 aromatic carbocycles. The number of aliphatic carboxylic acids is 1. The van der Waals surface area contributed by atoms with E-state index in [9.17, 15) is 4.79 Å². The van der Waals surface area contributed by atoms with Gasteiger partial charge in [0.25, 0.3) is 0 Å². The Labute approximate surface area is 98.5 Å². The molecule has 0 aliphatic rings. The number of carboxylic acid groups (broad SMARTS) is 1. The second-order valence-electron chi connectivity index (χ2n) is 3.67. The fourth-order valence-corrected chi connectivity index (χ4v) is 1.50. The van der Waals surface area contributed by atoms with Crippen LogP contribution >= 0.6 is 0 Å². The normalized spacial score (nSPS) is 10.4. The van der Waals surface area contributed by atoms with Crippen molar-refractivity contribution in [2.45, 2.75) is 12.8 Å². The van der Waals surface area contributed by atoms with Gasteiger partial charge in [-0.05, 0) is 18.6 Å². The van der Waals surface area contributed by atoms with Gasteiger partial charge in [-0.2, -0.15) is 0 Å². The van der Waals surface area contributed by atoms with Crippen molar-refractivity contribution >= 4 is 22.8 Å². The lowest BCUT2D eigenvalue weighted by molar-refractivity contribution is -0.137. The van der Waals surface area contributed by atoms with E-state index in [4.69, 9.17) is 5.11 Å². The molecule has 0 spiro atoms. The maximum absolute atomic E-state index is 10.3. The minimum absolute atomic E-state index is 0.161. The molecule has 0 radical (unpaired) electrons. The van der Waals surface area contributed by atoms with Crippen LogP contribution in [0.1, 0.15) is 12.8 Å². The van der Waals surface area contributed by atoms with Gasteiger partial charge in [-0.1, -0.05) is 12.1 Å². The zero-order valence-corrected chi connectivity index (χ0v) is 9.26. The maximum Gasteiger partial charge on any atom is 0.303 e. The van der Waals surface area contributed by atoms with Crippen molar-refractivity contribution in [3.8, 4) is 0 Å². The highest BCUT2D eigenvalue weighted by Gasteiger charge is 1.99. The van der Waals surface area contributed by atoms with Crippen molar-refractivity contribution in [3.05, 3.63) is 30.5 Å². The van der Waals surface area contributed by atoms with Gasteiger partial charge in [0, 0.05) is 13.0 Å². The van der Waals surface area contributed by atoms with Crippen molar-refractivity contribution in [2.75, 3.05) is 11.9 Å². The SMILES string of the molecule is O=C(O)CCCNc1cnc2ccccc2n1. The van der Waals surface area contributed by atoms with Crippen LogP contribution in [0.25, 0.3) is 11.0 Å². The predicted molar refractivity (Wildman–Crippen MR) is 64.9 cm³/mol. The second kappa shape index (κ2) is 5.25. The molecule has 0 saturated heterocycles. The first-order valence-corrected chi connectivity index (χ1v) is 5.43. The highest BCUT2D eigenvalue weighted by atomic mass is 16.4. The molecule has 0 amide bonds. The van der Waals surface area contributed by atoms with Crippen LogP contribution in [-0.4, -0.2) is 27.6 Å². The van der Waals surface area contributed by atoms with E-state index in [0.717, 1.165) is 11.0 Å². The number of fused-ring (bicyclic) bond motifs is 1. The molecule has 5 heteroatoms. The number of hydrogen-bond acceptors (Lipinski definition) is 4. The standard InChI is InChI=1S/C12H13N3O2/c16-12(17)6-3-7-13-11-8-14-9-4-1-2-5-10(9)15-11/h1-2,4-5,8H,3,6-7H2,(H,13,15)(H,16,17). The molecular formula is C12H13N3O2. The fraction of sp³-hybridized carbons (Fsp3) is 0.250.